The van der Waals surface area contributed by atoms with Crippen LogP contribution < -0.4 is 9.47 Å². The van der Waals surface area contributed by atoms with Gasteiger partial charge in [-0.1, -0.05) is 24.3 Å². The number of hydrogen-bond donors (Lipinski definition) is 1. The number of aliphatic hydroxyl groups excluding tert-OH is 1. The lowest BCUT2D eigenvalue weighted by Gasteiger charge is -2.28. The summed E-state index contributed by atoms with van der Waals surface area (Å²) in [6.07, 6.45) is 1.51. The quantitative estimate of drug-likeness (QED) is 0.790. The molecule has 2 unspecified atom stereocenters. The molecule has 4 rings (SSSR count). The number of hydrogen-bond acceptors (Lipinski definition) is 5. The summed E-state index contributed by atoms with van der Waals surface area (Å²) in [5.41, 5.74) is 1.69. The molecule has 6 heteroatoms. The van der Waals surface area contributed by atoms with Crippen molar-refractivity contribution < 1.29 is 23.7 Å². The summed E-state index contributed by atoms with van der Waals surface area (Å²) < 4.78 is 30.5. The van der Waals surface area contributed by atoms with E-state index in [2.05, 4.69) is 17.0 Å². The monoisotopic (exact) mass is 387 g/mol. The van der Waals surface area contributed by atoms with Gasteiger partial charge in [0.05, 0.1) is 19.3 Å². The van der Waals surface area contributed by atoms with Crippen molar-refractivity contribution in [1.82, 2.24) is 4.90 Å². The number of halogens is 1. The van der Waals surface area contributed by atoms with Crippen molar-refractivity contribution in [2.24, 2.45) is 0 Å². The number of aliphatic hydroxyl groups is 1. The van der Waals surface area contributed by atoms with E-state index in [9.17, 15) is 9.50 Å². The summed E-state index contributed by atoms with van der Waals surface area (Å²) in [6, 6.07) is 12.9. The van der Waals surface area contributed by atoms with E-state index in [4.69, 9.17) is 14.2 Å². The second-order valence-corrected chi connectivity index (χ2v) is 7.32. The van der Waals surface area contributed by atoms with Crippen LogP contribution in [0.25, 0.3) is 0 Å². The minimum atomic E-state index is -0.621. The number of rotatable bonds is 7. The molecule has 1 saturated heterocycles. The molecule has 2 aromatic carbocycles. The molecule has 0 amide bonds. The predicted molar refractivity (Wildman–Crippen MR) is 103 cm³/mol. The molecule has 1 fully saturated rings. The first-order chi connectivity index (χ1) is 13.7. The maximum absolute atomic E-state index is 13.6. The average molecular weight is 387 g/mol. The molecule has 2 heterocycles. The zero-order chi connectivity index (χ0) is 19.3. The third-order valence-electron chi connectivity index (χ3n) is 5.29. The fourth-order valence-corrected chi connectivity index (χ4v) is 3.93. The highest BCUT2D eigenvalue weighted by atomic mass is 19.1. The molecule has 2 aliphatic heterocycles. The number of ether oxygens (including phenoxy) is 3. The van der Waals surface area contributed by atoms with E-state index >= 15 is 0 Å². The fraction of sp³-hybridized carbons (Fsp3) is 0.455. The lowest BCUT2D eigenvalue weighted by molar-refractivity contribution is 0.00696. The highest BCUT2D eigenvalue weighted by molar-refractivity contribution is 5.44. The molecule has 0 bridgehead atoms. The fourth-order valence-electron chi connectivity index (χ4n) is 3.93. The Morgan fingerprint density at radius 2 is 1.96 bits per heavy atom. The van der Waals surface area contributed by atoms with E-state index in [1.807, 2.05) is 6.07 Å². The van der Waals surface area contributed by atoms with Crippen molar-refractivity contribution in [2.75, 3.05) is 32.9 Å². The normalized spacial score (nSPS) is 20.3. The van der Waals surface area contributed by atoms with Gasteiger partial charge in [-0.05, 0) is 43.1 Å². The first-order valence-electron chi connectivity index (χ1n) is 9.83. The molecule has 1 N–H and O–H groups in total. The number of nitrogens with zero attached hydrogens (tertiary/aromatic N) is 1. The van der Waals surface area contributed by atoms with E-state index in [0.29, 0.717) is 25.3 Å². The second-order valence-electron chi connectivity index (χ2n) is 7.32. The zero-order valence-corrected chi connectivity index (χ0v) is 15.9. The molecule has 2 atom stereocenters. The van der Waals surface area contributed by atoms with Gasteiger partial charge in [0, 0.05) is 18.2 Å². The molecular weight excluding hydrogens is 361 g/mol. The van der Waals surface area contributed by atoms with E-state index in [1.165, 1.54) is 11.6 Å². The Kier molecular flexibility index (Phi) is 6.10. The van der Waals surface area contributed by atoms with Crippen molar-refractivity contribution in [2.45, 2.75) is 31.6 Å². The topological polar surface area (TPSA) is 51.2 Å². The Balaban J connectivity index is 1.31. The van der Waals surface area contributed by atoms with Crippen LogP contribution in [0, 0.1) is 5.82 Å². The summed E-state index contributed by atoms with van der Waals surface area (Å²) in [5, 5.41) is 10.4. The Morgan fingerprint density at radius 1 is 1.14 bits per heavy atom. The zero-order valence-electron chi connectivity index (χ0n) is 15.9. The molecule has 150 valence electrons. The molecule has 2 aromatic rings. The van der Waals surface area contributed by atoms with Gasteiger partial charge in [-0.25, -0.2) is 4.39 Å². The van der Waals surface area contributed by atoms with Crippen LogP contribution in [0.2, 0.25) is 0 Å². The summed E-state index contributed by atoms with van der Waals surface area (Å²) in [5.74, 6) is 1.31. The summed E-state index contributed by atoms with van der Waals surface area (Å²) in [7, 11) is 0. The molecule has 28 heavy (non-hydrogen) atoms. The minimum absolute atomic E-state index is 0.162. The number of β-amino-alcohol motifs (C(OH)–C–C–N with tert-alkyl or cyclic N) is 1. The Morgan fingerprint density at radius 3 is 2.82 bits per heavy atom. The van der Waals surface area contributed by atoms with Crippen LogP contribution in [0.1, 0.15) is 30.0 Å². The third kappa shape index (κ3) is 4.46. The van der Waals surface area contributed by atoms with Gasteiger partial charge in [-0.2, -0.15) is 0 Å². The van der Waals surface area contributed by atoms with Gasteiger partial charge in [-0.15, -0.1) is 0 Å². The van der Waals surface area contributed by atoms with Crippen molar-refractivity contribution in [3.8, 4) is 11.5 Å². The first kappa shape index (κ1) is 19.2. The van der Waals surface area contributed by atoms with Crippen molar-refractivity contribution in [1.29, 1.82) is 0 Å². The van der Waals surface area contributed by atoms with Gasteiger partial charge in [0.1, 0.15) is 19.0 Å². The van der Waals surface area contributed by atoms with Crippen LogP contribution in [0.3, 0.4) is 0 Å². The summed E-state index contributed by atoms with van der Waals surface area (Å²) >= 11 is 0. The molecule has 0 radical (unpaired) electrons. The summed E-state index contributed by atoms with van der Waals surface area (Å²) in [4.78, 5) is 2.28. The molecule has 0 aromatic heterocycles. The maximum Gasteiger partial charge on any atom is 0.161 e. The van der Waals surface area contributed by atoms with Crippen molar-refractivity contribution >= 4 is 0 Å². The molecule has 0 spiro atoms. The van der Waals surface area contributed by atoms with Crippen LogP contribution in [0.5, 0.6) is 11.5 Å². The SMILES string of the molecule is OC(COCc1ccccc1F)CN1CCCC1c1ccc2c(c1)OCCO2. The minimum Gasteiger partial charge on any atom is -0.486 e. The predicted octanol–water partition coefficient (Wildman–Crippen LogP) is 3.31. The largest absolute Gasteiger partial charge is 0.486 e. The molecule has 5 nitrogen and oxygen atoms in total. The highest BCUT2D eigenvalue weighted by Gasteiger charge is 2.28. The van der Waals surface area contributed by atoms with E-state index in [1.54, 1.807) is 18.2 Å². The molecule has 0 saturated carbocycles. The lowest BCUT2D eigenvalue weighted by Crippen LogP contribution is -2.34. The van der Waals surface area contributed by atoms with E-state index < -0.39 is 6.10 Å². The van der Waals surface area contributed by atoms with Crippen LogP contribution in [-0.4, -0.2) is 49.0 Å². The first-order valence-corrected chi connectivity index (χ1v) is 9.83. The highest BCUT2D eigenvalue weighted by Crippen LogP contribution is 2.38. The molecular formula is C22H26FNO4. The number of likely N-dealkylation sites (tertiary alicyclic amines) is 1. The Bertz CT molecular complexity index is 800. The summed E-state index contributed by atoms with van der Waals surface area (Å²) in [6.45, 7) is 2.96. The van der Waals surface area contributed by atoms with Gasteiger partial charge in [0.15, 0.2) is 11.5 Å². The van der Waals surface area contributed by atoms with Crippen molar-refractivity contribution in [3.05, 3.63) is 59.4 Å². The number of fused-ring (bicyclic) bond motifs is 1. The van der Waals surface area contributed by atoms with Gasteiger partial charge in [0.2, 0.25) is 0 Å². The van der Waals surface area contributed by atoms with Gasteiger partial charge in [-0.3, -0.25) is 4.90 Å². The average Bonchev–Trinajstić information content (AvgIpc) is 3.17. The lowest BCUT2D eigenvalue weighted by atomic mass is 10.0. The van der Waals surface area contributed by atoms with E-state index in [-0.39, 0.29) is 25.1 Å². The standard InChI is InChI=1S/C22H26FNO4/c23-19-5-2-1-4-17(19)14-26-15-18(25)13-24-9-3-6-20(24)16-7-8-21-22(12-16)28-11-10-27-21/h1-2,4-5,7-8,12,18,20,25H,3,6,9-11,13-15H2. The number of benzene rings is 2. The van der Waals surface area contributed by atoms with Crippen LogP contribution >= 0.6 is 0 Å². The molecule has 0 aliphatic carbocycles. The van der Waals surface area contributed by atoms with Crippen LogP contribution in [0.4, 0.5) is 4.39 Å². The Labute approximate surface area is 164 Å². The van der Waals surface area contributed by atoms with E-state index in [0.717, 1.165) is 30.9 Å². The van der Waals surface area contributed by atoms with Gasteiger partial charge >= 0.3 is 0 Å². The van der Waals surface area contributed by atoms with Gasteiger partial charge in [0.25, 0.3) is 0 Å². The Hall–Kier alpha value is -2.15. The smallest absolute Gasteiger partial charge is 0.161 e. The molecule has 2 aliphatic rings. The van der Waals surface area contributed by atoms with Crippen LogP contribution in [0.15, 0.2) is 42.5 Å². The van der Waals surface area contributed by atoms with Crippen LogP contribution in [-0.2, 0) is 11.3 Å². The second kappa shape index (κ2) is 8.90. The van der Waals surface area contributed by atoms with Gasteiger partial charge < -0.3 is 19.3 Å². The third-order valence-corrected chi connectivity index (χ3v) is 5.29. The van der Waals surface area contributed by atoms with Crippen molar-refractivity contribution in [3.63, 3.8) is 0 Å². The maximum atomic E-state index is 13.6.